The molecule has 0 radical (unpaired) electrons. The fraction of sp³-hybridized carbons (Fsp3) is 0.400. The van der Waals surface area contributed by atoms with Crippen molar-refractivity contribution in [3.8, 4) is 0 Å². The predicted molar refractivity (Wildman–Crippen MR) is 91.6 cm³/mol. The summed E-state index contributed by atoms with van der Waals surface area (Å²) in [5, 5.41) is 5.14. The molecule has 0 spiro atoms. The number of nitrogens with zero attached hydrogens (tertiary/aromatic N) is 1. The van der Waals surface area contributed by atoms with Crippen molar-refractivity contribution < 1.29 is 14.3 Å². The molecule has 0 aliphatic carbocycles. The van der Waals surface area contributed by atoms with Crippen LogP contribution in [0.2, 0.25) is 0 Å². The highest BCUT2D eigenvalue weighted by Gasteiger charge is 2.16. The first kappa shape index (κ1) is 17.4. The minimum atomic E-state index is -0.379. The standard InChI is InChI=1S/C15H18N2O4S2/c1-4-21-14(19)13-9(2)7-12(23-13)16-11(18)5-6-17-10(3)8-22-15(17)20/h7-8H,4-6H2,1-3H3,(H,16,18). The number of carbonyl (C=O) groups is 2. The van der Waals surface area contributed by atoms with Crippen LogP contribution in [0, 0.1) is 13.8 Å². The van der Waals surface area contributed by atoms with Gasteiger partial charge in [0.2, 0.25) is 5.91 Å². The second-order valence-corrected chi connectivity index (χ2v) is 6.81. The van der Waals surface area contributed by atoms with Crippen molar-refractivity contribution in [3.63, 3.8) is 0 Å². The molecule has 2 aromatic rings. The van der Waals surface area contributed by atoms with Crippen molar-refractivity contribution in [3.05, 3.63) is 37.2 Å². The number of esters is 1. The molecule has 0 saturated heterocycles. The van der Waals surface area contributed by atoms with E-state index in [1.54, 1.807) is 29.9 Å². The molecule has 0 aromatic carbocycles. The number of carbonyl (C=O) groups excluding carboxylic acids is 2. The van der Waals surface area contributed by atoms with Crippen LogP contribution in [0.4, 0.5) is 5.00 Å². The minimum Gasteiger partial charge on any atom is -0.462 e. The molecule has 0 atom stereocenters. The van der Waals surface area contributed by atoms with Crippen molar-refractivity contribution in [1.82, 2.24) is 4.57 Å². The van der Waals surface area contributed by atoms with Gasteiger partial charge in [-0.1, -0.05) is 11.3 Å². The number of thiazole rings is 1. The first-order valence-corrected chi connectivity index (χ1v) is 8.84. The summed E-state index contributed by atoms with van der Waals surface area (Å²) in [4.78, 5) is 35.8. The van der Waals surface area contributed by atoms with E-state index >= 15 is 0 Å². The van der Waals surface area contributed by atoms with E-state index in [2.05, 4.69) is 5.32 Å². The molecule has 1 N–H and O–H groups in total. The fourth-order valence-electron chi connectivity index (χ4n) is 2.03. The number of rotatable bonds is 6. The van der Waals surface area contributed by atoms with Crippen LogP contribution < -0.4 is 10.2 Å². The Labute approximate surface area is 141 Å². The molecule has 0 aliphatic rings. The normalized spacial score (nSPS) is 10.6. The number of hydrogen-bond donors (Lipinski definition) is 1. The Morgan fingerprint density at radius 1 is 1.35 bits per heavy atom. The lowest BCUT2D eigenvalue weighted by molar-refractivity contribution is -0.116. The number of anilines is 1. The molecule has 2 rings (SSSR count). The van der Waals surface area contributed by atoms with E-state index < -0.39 is 0 Å². The maximum absolute atomic E-state index is 12.0. The van der Waals surface area contributed by atoms with Crippen LogP contribution in [0.25, 0.3) is 0 Å². The lowest BCUT2D eigenvalue weighted by Crippen LogP contribution is -2.19. The third-order valence-electron chi connectivity index (χ3n) is 3.18. The van der Waals surface area contributed by atoms with Crippen LogP contribution in [-0.4, -0.2) is 23.1 Å². The van der Waals surface area contributed by atoms with Crippen LogP contribution in [0.15, 0.2) is 16.2 Å². The highest BCUT2D eigenvalue weighted by Crippen LogP contribution is 2.27. The van der Waals surface area contributed by atoms with Crippen LogP contribution in [0.5, 0.6) is 0 Å². The van der Waals surface area contributed by atoms with Crippen molar-refractivity contribution in [2.24, 2.45) is 0 Å². The van der Waals surface area contributed by atoms with Gasteiger partial charge in [-0.2, -0.15) is 0 Å². The lowest BCUT2D eigenvalue weighted by Gasteiger charge is -2.04. The van der Waals surface area contributed by atoms with Crippen LogP contribution in [-0.2, 0) is 16.1 Å². The highest BCUT2D eigenvalue weighted by atomic mass is 32.1. The number of amides is 1. The van der Waals surface area contributed by atoms with Gasteiger partial charge in [-0.05, 0) is 32.4 Å². The molecule has 0 saturated carbocycles. The Morgan fingerprint density at radius 2 is 2.09 bits per heavy atom. The monoisotopic (exact) mass is 354 g/mol. The molecule has 0 aliphatic heterocycles. The van der Waals surface area contributed by atoms with Gasteiger partial charge in [-0.25, -0.2) is 4.79 Å². The Balaban J connectivity index is 1.97. The number of ether oxygens (including phenoxy) is 1. The van der Waals surface area contributed by atoms with Crippen LogP contribution in [0.3, 0.4) is 0 Å². The van der Waals surface area contributed by atoms with E-state index in [4.69, 9.17) is 4.74 Å². The third kappa shape index (κ3) is 4.29. The summed E-state index contributed by atoms with van der Waals surface area (Å²) in [5.41, 5.74) is 1.62. The zero-order valence-electron chi connectivity index (χ0n) is 13.2. The van der Waals surface area contributed by atoms with Gasteiger partial charge in [-0.15, -0.1) is 11.3 Å². The van der Waals surface area contributed by atoms with Gasteiger partial charge >= 0.3 is 10.8 Å². The summed E-state index contributed by atoms with van der Waals surface area (Å²) in [6.07, 6.45) is 0.198. The SMILES string of the molecule is CCOC(=O)c1sc(NC(=O)CCn2c(C)csc2=O)cc1C. The summed E-state index contributed by atoms with van der Waals surface area (Å²) in [5.74, 6) is -0.574. The summed E-state index contributed by atoms with van der Waals surface area (Å²) in [6.45, 7) is 6.04. The number of hydrogen-bond acceptors (Lipinski definition) is 6. The first-order valence-electron chi connectivity index (χ1n) is 7.14. The van der Waals surface area contributed by atoms with Crippen LogP contribution >= 0.6 is 22.7 Å². The molecule has 0 fully saturated rings. The Hall–Kier alpha value is -1.93. The van der Waals surface area contributed by atoms with E-state index in [1.165, 1.54) is 11.3 Å². The smallest absolute Gasteiger partial charge is 0.348 e. The summed E-state index contributed by atoms with van der Waals surface area (Å²) in [7, 11) is 0. The number of thiophene rings is 1. The maximum Gasteiger partial charge on any atom is 0.348 e. The Kier molecular flexibility index (Phi) is 5.73. The molecule has 2 heterocycles. The first-order chi connectivity index (χ1) is 10.9. The third-order valence-corrected chi connectivity index (χ3v) is 5.19. The Bertz CT molecular complexity index is 773. The summed E-state index contributed by atoms with van der Waals surface area (Å²) in [6, 6.07) is 1.75. The summed E-state index contributed by atoms with van der Waals surface area (Å²) < 4.78 is 6.55. The number of nitrogens with one attached hydrogen (secondary N) is 1. The van der Waals surface area contributed by atoms with Gasteiger partial charge in [0.25, 0.3) is 0 Å². The number of aromatic nitrogens is 1. The maximum atomic E-state index is 12.0. The molecule has 124 valence electrons. The average Bonchev–Trinajstić information content (AvgIpc) is 3.00. The van der Waals surface area contributed by atoms with E-state index in [-0.39, 0.29) is 23.2 Å². The van der Waals surface area contributed by atoms with Gasteiger partial charge in [0, 0.05) is 24.0 Å². The zero-order valence-corrected chi connectivity index (χ0v) is 14.8. The van der Waals surface area contributed by atoms with Gasteiger partial charge in [0.15, 0.2) is 0 Å². The summed E-state index contributed by atoms with van der Waals surface area (Å²) >= 11 is 2.32. The van der Waals surface area contributed by atoms with E-state index in [9.17, 15) is 14.4 Å². The molecular weight excluding hydrogens is 336 g/mol. The lowest BCUT2D eigenvalue weighted by atomic mass is 10.3. The van der Waals surface area contributed by atoms with E-state index in [0.717, 1.165) is 22.6 Å². The molecule has 2 aromatic heterocycles. The molecule has 8 heteroatoms. The molecule has 6 nitrogen and oxygen atoms in total. The van der Waals surface area contributed by atoms with Gasteiger partial charge in [-0.3, -0.25) is 9.59 Å². The van der Waals surface area contributed by atoms with E-state index in [0.29, 0.717) is 23.0 Å². The van der Waals surface area contributed by atoms with Crippen LogP contribution in [0.1, 0.15) is 34.3 Å². The second-order valence-electron chi connectivity index (χ2n) is 4.94. The van der Waals surface area contributed by atoms with Gasteiger partial charge in [0.05, 0.1) is 11.6 Å². The number of aryl methyl sites for hydroxylation is 2. The molecular formula is C15H18N2O4S2. The van der Waals surface area contributed by atoms with E-state index in [1.807, 2.05) is 6.92 Å². The minimum absolute atomic E-state index is 0.0631. The van der Waals surface area contributed by atoms with Crippen molar-refractivity contribution >= 4 is 39.6 Å². The van der Waals surface area contributed by atoms with Gasteiger partial charge < -0.3 is 14.6 Å². The van der Waals surface area contributed by atoms with Crippen molar-refractivity contribution in [2.75, 3.05) is 11.9 Å². The second kappa shape index (κ2) is 7.56. The Morgan fingerprint density at radius 3 is 2.70 bits per heavy atom. The highest BCUT2D eigenvalue weighted by molar-refractivity contribution is 7.18. The quantitative estimate of drug-likeness (QED) is 0.809. The molecule has 1 amide bonds. The zero-order chi connectivity index (χ0) is 17.0. The largest absolute Gasteiger partial charge is 0.462 e. The molecule has 0 unspecified atom stereocenters. The predicted octanol–water partition coefficient (Wildman–Crippen LogP) is 2.79. The molecule has 0 bridgehead atoms. The average molecular weight is 354 g/mol. The fourth-order valence-corrected chi connectivity index (χ4v) is 3.77. The van der Waals surface area contributed by atoms with Crippen molar-refractivity contribution in [1.29, 1.82) is 0 Å². The van der Waals surface area contributed by atoms with Crippen molar-refractivity contribution in [2.45, 2.75) is 33.7 Å². The topological polar surface area (TPSA) is 77.4 Å². The van der Waals surface area contributed by atoms with Gasteiger partial charge in [0.1, 0.15) is 4.88 Å². The molecule has 23 heavy (non-hydrogen) atoms.